The average molecular weight is 705 g/mol. The second kappa shape index (κ2) is 18.5. The number of hydrogen-bond acceptors (Lipinski definition) is 20. The Morgan fingerprint density at radius 1 is 0.612 bits per heavy atom. The number of nitrogens with zero attached hydrogens (tertiary/aromatic N) is 2. The standard InChI is InChI=1S/C28H37N3O18/c1-11(32)40-9-18-22(23(43-14(4)35)25(45-16(6)37)27(47-18)31-20(39)8-30-29)49-28-26(46-17(7)38)24(44-15(5)36)21(42-13(3)34)19(48-28)10-41-12(2)33/h8,18-19,21-28,31H,9-10H2,1-7H3/p+1/b20-8-/t18-,19-,21-,22-,23+,24+,25-,26-,27-,28+/m1/s1. The third-order valence-corrected chi connectivity index (χ3v) is 6.40. The van der Waals surface area contributed by atoms with Crippen molar-refractivity contribution in [3.63, 3.8) is 0 Å². The molecule has 272 valence electrons. The summed E-state index contributed by atoms with van der Waals surface area (Å²) >= 11 is 0. The van der Waals surface area contributed by atoms with Crippen molar-refractivity contribution in [1.29, 1.82) is 5.39 Å². The molecule has 2 rings (SSSR count). The van der Waals surface area contributed by atoms with Crippen molar-refractivity contribution in [3.8, 4) is 0 Å². The molecular weight excluding hydrogens is 666 g/mol. The predicted octanol–water partition coefficient (Wildman–Crippen LogP) is -0.594. The first-order valence-corrected chi connectivity index (χ1v) is 14.5. The van der Waals surface area contributed by atoms with Crippen LogP contribution < -0.4 is 5.32 Å². The summed E-state index contributed by atoms with van der Waals surface area (Å²) in [4.78, 5) is 87.4. The summed E-state index contributed by atoms with van der Waals surface area (Å²) in [5.41, 5.74) is 0. The summed E-state index contributed by atoms with van der Waals surface area (Å²) in [6.45, 7) is 5.93. The Hall–Kier alpha value is -5.07. The van der Waals surface area contributed by atoms with Gasteiger partial charge in [0.25, 0.3) is 5.88 Å². The summed E-state index contributed by atoms with van der Waals surface area (Å²) < 4.78 is 55.3. The minimum Gasteiger partial charge on any atom is -0.490 e. The van der Waals surface area contributed by atoms with Crippen molar-refractivity contribution in [2.45, 2.75) is 110 Å². The Morgan fingerprint density at radius 3 is 1.47 bits per heavy atom. The van der Waals surface area contributed by atoms with Gasteiger partial charge in [0.1, 0.15) is 31.5 Å². The van der Waals surface area contributed by atoms with Gasteiger partial charge in [-0.05, 0) is 0 Å². The largest absolute Gasteiger partial charge is 0.490 e. The van der Waals surface area contributed by atoms with E-state index in [-0.39, 0.29) is 0 Å². The normalized spacial score (nSPS) is 29.6. The molecule has 2 aliphatic heterocycles. The van der Waals surface area contributed by atoms with Crippen LogP contribution in [0.3, 0.4) is 0 Å². The number of hydrogen-bond donors (Lipinski definition) is 2. The third-order valence-electron chi connectivity index (χ3n) is 6.40. The maximum Gasteiger partial charge on any atom is 0.409 e. The molecule has 2 fully saturated rings. The van der Waals surface area contributed by atoms with Crippen molar-refractivity contribution in [3.05, 3.63) is 17.1 Å². The first kappa shape index (κ1) is 40.1. The minimum atomic E-state index is -1.85. The summed E-state index contributed by atoms with van der Waals surface area (Å²) in [5.74, 6) is -7.03. The highest BCUT2D eigenvalue weighted by Crippen LogP contribution is 2.35. The molecule has 0 saturated carbocycles. The lowest BCUT2D eigenvalue weighted by Crippen LogP contribution is -2.68. The summed E-state index contributed by atoms with van der Waals surface area (Å²) in [6, 6.07) is 0. The zero-order valence-electron chi connectivity index (χ0n) is 27.5. The minimum absolute atomic E-state index is 0.552. The molecule has 0 aromatic heterocycles. The Morgan fingerprint density at radius 2 is 1.02 bits per heavy atom. The monoisotopic (exact) mass is 704 g/mol. The maximum atomic E-state index is 12.4. The Bertz CT molecular complexity index is 1330. The van der Waals surface area contributed by atoms with Gasteiger partial charge in [-0.25, -0.2) is 0 Å². The molecule has 2 aliphatic rings. The van der Waals surface area contributed by atoms with Gasteiger partial charge < -0.3 is 57.8 Å². The fourth-order valence-corrected chi connectivity index (χ4v) is 4.87. The molecule has 0 aromatic carbocycles. The van der Waals surface area contributed by atoms with Crippen molar-refractivity contribution < 1.29 is 86.0 Å². The summed E-state index contributed by atoms with van der Waals surface area (Å²) in [5, 5.41) is 21.3. The number of aliphatic hydroxyl groups is 1. The second-order valence-electron chi connectivity index (χ2n) is 10.5. The molecule has 2 N–H and O–H groups in total. The molecule has 10 atom stereocenters. The van der Waals surface area contributed by atoms with E-state index in [0.717, 1.165) is 48.5 Å². The number of carbonyl (C=O) groups excluding carboxylic acids is 7. The van der Waals surface area contributed by atoms with Crippen LogP contribution in [0, 0.1) is 5.39 Å². The molecule has 0 spiro atoms. The number of rotatable bonds is 13. The summed E-state index contributed by atoms with van der Waals surface area (Å²) in [6.07, 6.45) is -15.8. The molecule has 2 heterocycles. The average Bonchev–Trinajstić information content (AvgIpc) is 2.95. The van der Waals surface area contributed by atoms with E-state index in [9.17, 15) is 38.7 Å². The number of ether oxygens (including phenoxy) is 10. The van der Waals surface area contributed by atoms with E-state index in [1.807, 2.05) is 0 Å². The predicted molar refractivity (Wildman–Crippen MR) is 152 cm³/mol. The third kappa shape index (κ3) is 12.5. The molecule has 0 amide bonds. The van der Waals surface area contributed by atoms with Crippen LogP contribution in [0.2, 0.25) is 0 Å². The first-order valence-electron chi connectivity index (χ1n) is 14.5. The van der Waals surface area contributed by atoms with Gasteiger partial charge in [-0.3, -0.25) is 33.6 Å². The molecule has 2 saturated heterocycles. The van der Waals surface area contributed by atoms with E-state index in [1.165, 1.54) is 0 Å². The van der Waals surface area contributed by atoms with Crippen molar-refractivity contribution in [2.24, 2.45) is 0 Å². The van der Waals surface area contributed by atoms with Gasteiger partial charge in [0.2, 0.25) is 5.39 Å². The second-order valence-corrected chi connectivity index (χ2v) is 10.5. The van der Waals surface area contributed by atoms with E-state index in [2.05, 4.69) is 10.3 Å². The highest BCUT2D eigenvalue weighted by Gasteiger charge is 2.57. The summed E-state index contributed by atoms with van der Waals surface area (Å²) in [7, 11) is 0. The van der Waals surface area contributed by atoms with Crippen LogP contribution in [-0.4, -0.2) is 121 Å². The fraction of sp³-hybridized carbons (Fsp3) is 0.679. The first-order chi connectivity index (χ1) is 22.9. The highest BCUT2D eigenvalue weighted by atomic mass is 16.8. The van der Waals surface area contributed by atoms with Gasteiger partial charge in [-0.15, -0.1) is 0 Å². The van der Waals surface area contributed by atoms with Crippen LogP contribution in [0.25, 0.3) is 4.98 Å². The van der Waals surface area contributed by atoms with E-state index >= 15 is 0 Å². The van der Waals surface area contributed by atoms with Crippen LogP contribution in [0.4, 0.5) is 0 Å². The van der Waals surface area contributed by atoms with E-state index in [4.69, 9.17) is 52.8 Å². The fourth-order valence-electron chi connectivity index (χ4n) is 4.87. The Balaban J connectivity index is 2.76. The smallest absolute Gasteiger partial charge is 0.409 e. The van der Waals surface area contributed by atoms with Gasteiger partial charge >= 0.3 is 48.0 Å². The lowest BCUT2D eigenvalue weighted by molar-refractivity contribution is -0.346. The number of diazo groups is 1. The lowest BCUT2D eigenvalue weighted by atomic mass is 9.95. The molecular formula is C28H38N3O18+. The zero-order valence-corrected chi connectivity index (χ0v) is 27.5. The topological polar surface area (TPSA) is 272 Å². The number of aliphatic hydroxyl groups excluding tert-OH is 1. The molecule has 0 bridgehead atoms. The van der Waals surface area contributed by atoms with Crippen LogP contribution in [0.15, 0.2) is 12.1 Å². The van der Waals surface area contributed by atoms with Gasteiger partial charge in [-0.2, -0.15) is 0 Å². The van der Waals surface area contributed by atoms with Crippen LogP contribution in [-0.2, 0) is 80.9 Å². The van der Waals surface area contributed by atoms with Crippen molar-refractivity contribution in [1.82, 2.24) is 5.32 Å². The molecule has 21 heteroatoms. The van der Waals surface area contributed by atoms with Crippen molar-refractivity contribution >= 4 is 41.8 Å². The molecule has 0 aliphatic carbocycles. The van der Waals surface area contributed by atoms with E-state index < -0.39 is 122 Å². The van der Waals surface area contributed by atoms with Crippen LogP contribution >= 0.6 is 0 Å². The van der Waals surface area contributed by atoms with Gasteiger partial charge in [0.15, 0.2) is 48.0 Å². The van der Waals surface area contributed by atoms with Crippen LogP contribution in [0.5, 0.6) is 0 Å². The van der Waals surface area contributed by atoms with Crippen LogP contribution in [0.1, 0.15) is 48.5 Å². The SMILES string of the molecule is CC(=O)OC[C@H]1O[C@@H](N/C(O)=C/[N+]#N)[C@H](OC(C)=O)[C@@H](OC(C)=O)[C@@H]1O[C@@H]1O[C@H](COC(C)=O)[C@@H](OC(C)=O)[C@H](OC(C)=O)[C@H]1OC(C)=O. The van der Waals surface area contributed by atoms with Gasteiger partial charge in [-0.1, -0.05) is 0 Å². The van der Waals surface area contributed by atoms with Gasteiger partial charge in [0.05, 0.1) is 0 Å². The van der Waals surface area contributed by atoms with Gasteiger partial charge in [0, 0.05) is 48.5 Å². The Labute approximate surface area is 278 Å². The number of nitrogens with one attached hydrogen (secondary N) is 1. The lowest BCUT2D eigenvalue weighted by Gasteiger charge is -2.48. The molecule has 0 radical (unpaired) electrons. The molecule has 49 heavy (non-hydrogen) atoms. The van der Waals surface area contributed by atoms with E-state index in [0.29, 0.717) is 6.20 Å². The quantitative estimate of drug-likeness (QED) is 0.105. The molecule has 0 aromatic rings. The number of carbonyl (C=O) groups is 7. The highest BCUT2D eigenvalue weighted by molar-refractivity contribution is 5.69. The van der Waals surface area contributed by atoms with Crippen molar-refractivity contribution in [2.75, 3.05) is 13.2 Å². The Kier molecular flexibility index (Phi) is 15.1. The zero-order chi connectivity index (χ0) is 37.0. The maximum absolute atomic E-state index is 12.4. The van der Waals surface area contributed by atoms with E-state index in [1.54, 1.807) is 0 Å². The molecule has 21 nitrogen and oxygen atoms in total. The molecule has 0 unspecified atom stereocenters. The number of esters is 7.